The Morgan fingerprint density at radius 3 is 2.81 bits per heavy atom. The maximum atomic E-state index is 13.4. The summed E-state index contributed by atoms with van der Waals surface area (Å²) in [7, 11) is 0. The zero-order valence-electron chi connectivity index (χ0n) is 16.7. The second-order valence-electron chi connectivity index (χ2n) is 7.09. The third-order valence-electron chi connectivity index (χ3n) is 5.03. The molecule has 32 heavy (non-hydrogen) atoms. The molecule has 0 bridgehead atoms. The van der Waals surface area contributed by atoms with Crippen molar-refractivity contribution >= 4 is 40.7 Å². The van der Waals surface area contributed by atoms with Gasteiger partial charge in [-0.25, -0.2) is 4.68 Å². The minimum Gasteiger partial charge on any atom is -0.461 e. The van der Waals surface area contributed by atoms with Crippen LogP contribution < -0.4 is 10.6 Å². The second-order valence-corrected chi connectivity index (χ2v) is 7.87. The Morgan fingerprint density at radius 2 is 2.06 bits per heavy atom. The third kappa shape index (κ3) is 3.53. The molecular formula is C22H16Cl2N6O2. The van der Waals surface area contributed by atoms with E-state index >= 15 is 0 Å². The highest BCUT2D eigenvalue weighted by molar-refractivity contribution is 6.42. The molecule has 10 heteroatoms. The second kappa shape index (κ2) is 8.14. The summed E-state index contributed by atoms with van der Waals surface area (Å²) in [5.74, 6) is 1.00. The van der Waals surface area contributed by atoms with Gasteiger partial charge in [0.05, 0.1) is 33.8 Å². The van der Waals surface area contributed by atoms with Crippen LogP contribution in [0.2, 0.25) is 10.0 Å². The molecule has 0 saturated carbocycles. The molecule has 160 valence electrons. The van der Waals surface area contributed by atoms with Crippen LogP contribution in [0, 0.1) is 0 Å². The maximum Gasteiger partial charge on any atom is 0.255 e. The quantitative estimate of drug-likeness (QED) is 0.430. The number of nitrogens with zero attached hydrogens (tertiary/aromatic N) is 4. The molecule has 1 amide bonds. The van der Waals surface area contributed by atoms with Gasteiger partial charge in [-0.05, 0) is 37.3 Å². The lowest BCUT2D eigenvalue weighted by Crippen LogP contribution is -2.31. The molecule has 0 spiro atoms. The lowest BCUT2D eigenvalue weighted by Gasteiger charge is -2.29. The average molecular weight is 467 g/mol. The van der Waals surface area contributed by atoms with Crippen LogP contribution in [0.4, 0.5) is 11.6 Å². The van der Waals surface area contributed by atoms with Crippen LogP contribution in [0.25, 0.3) is 11.6 Å². The summed E-state index contributed by atoms with van der Waals surface area (Å²) in [6.07, 6.45) is 4.75. The largest absolute Gasteiger partial charge is 0.461 e. The van der Waals surface area contributed by atoms with Crippen molar-refractivity contribution in [1.29, 1.82) is 0 Å². The van der Waals surface area contributed by atoms with Crippen molar-refractivity contribution in [2.75, 3.05) is 10.6 Å². The van der Waals surface area contributed by atoms with Gasteiger partial charge in [0, 0.05) is 17.5 Å². The van der Waals surface area contributed by atoms with Crippen molar-refractivity contribution in [3.63, 3.8) is 0 Å². The minimum absolute atomic E-state index is 0.329. The molecule has 1 aliphatic rings. The van der Waals surface area contributed by atoms with Gasteiger partial charge in [-0.1, -0.05) is 35.3 Å². The number of carbonyl (C=O) groups is 1. The van der Waals surface area contributed by atoms with E-state index in [1.54, 1.807) is 66.7 Å². The fourth-order valence-electron chi connectivity index (χ4n) is 3.61. The van der Waals surface area contributed by atoms with Gasteiger partial charge < -0.3 is 15.1 Å². The van der Waals surface area contributed by atoms with E-state index in [1.807, 2.05) is 6.07 Å². The number of fused-ring (bicyclic) bond motifs is 1. The van der Waals surface area contributed by atoms with Crippen molar-refractivity contribution in [1.82, 2.24) is 19.7 Å². The van der Waals surface area contributed by atoms with E-state index in [2.05, 4.69) is 25.7 Å². The summed E-state index contributed by atoms with van der Waals surface area (Å²) in [5.41, 5.74) is 2.21. The highest BCUT2D eigenvalue weighted by Crippen LogP contribution is 2.41. The summed E-state index contributed by atoms with van der Waals surface area (Å²) >= 11 is 12.9. The van der Waals surface area contributed by atoms with Gasteiger partial charge in [-0.15, -0.1) is 5.10 Å². The predicted molar refractivity (Wildman–Crippen MR) is 122 cm³/mol. The van der Waals surface area contributed by atoms with Crippen LogP contribution >= 0.6 is 23.2 Å². The standard InChI is InChI=1S/C22H16Cl2N6O2/c1-12-17(21(31)27-13-5-3-9-25-11-13)19(14-6-2-7-15(23)18(14)24)30-22(26-12)28-20(29-30)16-8-4-10-32-16/h2-11,19H,1H3,(H,27,31)(H,26,28,29). The number of allylic oxidation sites excluding steroid dienone is 1. The number of carbonyl (C=O) groups excluding carboxylic acids is 1. The van der Waals surface area contributed by atoms with E-state index < -0.39 is 6.04 Å². The Balaban J connectivity index is 1.65. The molecule has 4 heterocycles. The van der Waals surface area contributed by atoms with Crippen molar-refractivity contribution in [2.45, 2.75) is 13.0 Å². The van der Waals surface area contributed by atoms with Crippen molar-refractivity contribution in [3.05, 3.63) is 88.0 Å². The Bertz CT molecular complexity index is 1330. The number of halogens is 2. The molecule has 1 atom stereocenters. The van der Waals surface area contributed by atoms with Gasteiger partial charge in [0.2, 0.25) is 11.8 Å². The first-order chi connectivity index (χ1) is 15.5. The van der Waals surface area contributed by atoms with Crippen LogP contribution in [-0.4, -0.2) is 25.7 Å². The Morgan fingerprint density at radius 1 is 1.19 bits per heavy atom. The molecule has 4 aromatic rings. The lowest BCUT2D eigenvalue weighted by atomic mass is 9.95. The molecule has 1 unspecified atom stereocenters. The maximum absolute atomic E-state index is 13.4. The predicted octanol–water partition coefficient (Wildman–Crippen LogP) is 5.17. The molecule has 3 aromatic heterocycles. The van der Waals surface area contributed by atoms with E-state index in [4.69, 9.17) is 27.6 Å². The average Bonchev–Trinajstić information content (AvgIpc) is 3.45. The smallest absolute Gasteiger partial charge is 0.255 e. The number of pyridine rings is 1. The number of furan rings is 1. The summed E-state index contributed by atoms with van der Waals surface area (Å²) < 4.78 is 7.06. The molecule has 0 fully saturated rings. The molecule has 2 N–H and O–H groups in total. The van der Waals surface area contributed by atoms with E-state index in [1.165, 1.54) is 0 Å². The molecule has 1 aliphatic heterocycles. The number of hydrogen-bond acceptors (Lipinski definition) is 6. The highest BCUT2D eigenvalue weighted by Gasteiger charge is 2.36. The van der Waals surface area contributed by atoms with Crippen LogP contribution in [0.15, 0.2) is 76.8 Å². The summed E-state index contributed by atoms with van der Waals surface area (Å²) in [6.45, 7) is 1.80. The highest BCUT2D eigenvalue weighted by atomic mass is 35.5. The fraction of sp³-hybridized carbons (Fsp3) is 0.0909. The van der Waals surface area contributed by atoms with Crippen molar-refractivity contribution in [3.8, 4) is 11.6 Å². The number of hydrogen-bond donors (Lipinski definition) is 2. The fourth-order valence-corrected chi connectivity index (χ4v) is 4.02. The third-order valence-corrected chi connectivity index (χ3v) is 5.87. The zero-order chi connectivity index (χ0) is 22.2. The van der Waals surface area contributed by atoms with Gasteiger partial charge in [0.1, 0.15) is 6.04 Å². The van der Waals surface area contributed by atoms with Gasteiger partial charge in [0.25, 0.3) is 5.91 Å². The molecule has 1 aromatic carbocycles. The van der Waals surface area contributed by atoms with Gasteiger partial charge in [-0.3, -0.25) is 9.78 Å². The van der Waals surface area contributed by atoms with Crippen LogP contribution in [0.5, 0.6) is 0 Å². The van der Waals surface area contributed by atoms with E-state index in [9.17, 15) is 4.79 Å². The van der Waals surface area contributed by atoms with Crippen LogP contribution in [-0.2, 0) is 4.79 Å². The van der Waals surface area contributed by atoms with Gasteiger partial charge in [-0.2, -0.15) is 4.98 Å². The Labute approximate surface area is 192 Å². The van der Waals surface area contributed by atoms with Crippen LogP contribution in [0.3, 0.4) is 0 Å². The number of benzene rings is 1. The van der Waals surface area contributed by atoms with Gasteiger partial charge in [0.15, 0.2) is 5.76 Å². The van der Waals surface area contributed by atoms with E-state index in [-0.39, 0.29) is 5.91 Å². The molecule has 8 nitrogen and oxygen atoms in total. The van der Waals surface area contributed by atoms with Gasteiger partial charge >= 0.3 is 0 Å². The number of aromatic nitrogens is 4. The van der Waals surface area contributed by atoms with Crippen LogP contribution in [0.1, 0.15) is 18.5 Å². The summed E-state index contributed by atoms with van der Waals surface area (Å²) in [6, 6.07) is 11.6. The minimum atomic E-state index is -0.676. The zero-order valence-corrected chi connectivity index (χ0v) is 18.2. The molecule has 5 rings (SSSR count). The first kappa shape index (κ1) is 20.3. The lowest BCUT2D eigenvalue weighted by molar-refractivity contribution is -0.113. The summed E-state index contributed by atoms with van der Waals surface area (Å²) in [4.78, 5) is 22.0. The molecule has 0 radical (unpaired) electrons. The van der Waals surface area contributed by atoms with Crippen molar-refractivity contribution in [2.24, 2.45) is 0 Å². The Hall–Kier alpha value is -3.62. The first-order valence-corrected chi connectivity index (χ1v) is 10.4. The summed E-state index contributed by atoms with van der Waals surface area (Å²) in [5, 5.41) is 11.4. The molecule has 0 saturated heterocycles. The van der Waals surface area contributed by atoms with Crippen molar-refractivity contribution < 1.29 is 9.21 Å². The SMILES string of the molecule is CC1=C(C(=O)Nc2cccnc2)C(c2cccc(Cl)c2Cl)n2nc(-c3ccco3)nc2N1. The molecule has 0 aliphatic carbocycles. The Kier molecular flexibility index (Phi) is 5.16. The monoisotopic (exact) mass is 466 g/mol. The topological polar surface area (TPSA) is 97.9 Å². The molecular weight excluding hydrogens is 451 g/mol. The number of amides is 1. The van der Waals surface area contributed by atoms with E-state index in [0.717, 1.165) is 0 Å². The number of rotatable bonds is 4. The van der Waals surface area contributed by atoms with E-state index in [0.29, 0.717) is 50.1 Å². The number of nitrogens with one attached hydrogen (secondary N) is 2. The first-order valence-electron chi connectivity index (χ1n) is 9.66. The normalized spacial score (nSPS) is 15.3. The number of anilines is 2.